The molecule has 0 fully saturated rings. The van der Waals surface area contributed by atoms with Gasteiger partial charge in [0.15, 0.2) is 5.13 Å². The third kappa shape index (κ3) is 3.64. The van der Waals surface area contributed by atoms with Crippen molar-refractivity contribution in [1.29, 1.82) is 0 Å². The molecule has 14 heavy (non-hydrogen) atoms. The number of anilines is 1. The lowest BCUT2D eigenvalue weighted by atomic mass is 10.3. The maximum absolute atomic E-state index is 4.51. The molecule has 0 aliphatic rings. The Hall–Kier alpha value is -0.610. The van der Waals surface area contributed by atoms with Crippen molar-refractivity contribution in [3.63, 3.8) is 0 Å². The Morgan fingerprint density at radius 1 is 1.50 bits per heavy atom. The molecule has 0 unspecified atom stereocenters. The zero-order valence-corrected chi connectivity index (χ0v) is 10.2. The van der Waals surface area contributed by atoms with Gasteiger partial charge in [0.05, 0.1) is 5.69 Å². The summed E-state index contributed by atoms with van der Waals surface area (Å²) in [5.41, 5.74) is 1.19. The van der Waals surface area contributed by atoms with E-state index < -0.39 is 0 Å². The van der Waals surface area contributed by atoms with Crippen molar-refractivity contribution in [1.82, 2.24) is 10.3 Å². The number of nitrogens with zero attached hydrogens (tertiary/aromatic N) is 2. The molecule has 80 valence electrons. The second-order valence-corrected chi connectivity index (χ2v) is 4.71. The highest BCUT2D eigenvalue weighted by atomic mass is 32.1. The minimum Gasteiger partial charge on any atom is -0.354 e. The fraction of sp³-hybridized carbons (Fsp3) is 0.700. The monoisotopic (exact) mass is 213 g/mol. The molecular formula is C10H19N3S. The molecule has 0 aliphatic heterocycles. The van der Waals surface area contributed by atoms with Gasteiger partial charge >= 0.3 is 0 Å². The van der Waals surface area contributed by atoms with E-state index in [2.05, 4.69) is 29.5 Å². The van der Waals surface area contributed by atoms with Gasteiger partial charge in [-0.2, -0.15) is 0 Å². The molecule has 1 heterocycles. The first kappa shape index (κ1) is 11.5. The number of aromatic nitrogens is 1. The second-order valence-electron chi connectivity index (χ2n) is 3.87. The van der Waals surface area contributed by atoms with E-state index in [1.54, 1.807) is 11.3 Å². The third-order valence-electron chi connectivity index (χ3n) is 1.86. The van der Waals surface area contributed by atoms with Gasteiger partial charge in [0.25, 0.3) is 0 Å². The van der Waals surface area contributed by atoms with Gasteiger partial charge < -0.3 is 10.2 Å². The molecule has 0 aliphatic carbocycles. The van der Waals surface area contributed by atoms with Crippen LogP contribution in [0.4, 0.5) is 5.13 Å². The molecule has 3 nitrogen and oxygen atoms in total. The SMILES string of the molecule is CC(C)NCCc1csc(N(C)C)n1. The minimum absolute atomic E-state index is 0.557. The molecule has 0 spiro atoms. The molecule has 4 heteroatoms. The Balaban J connectivity index is 2.36. The number of hydrogen-bond donors (Lipinski definition) is 1. The molecule has 0 bridgehead atoms. The summed E-state index contributed by atoms with van der Waals surface area (Å²) in [6, 6.07) is 0.557. The fourth-order valence-corrected chi connectivity index (χ4v) is 1.90. The minimum atomic E-state index is 0.557. The summed E-state index contributed by atoms with van der Waals surface area (Å²) in [5, 5.41) is 6.61. The van der Waals surface area contributed by atoms with Gasteiger partial charge in [0.2, 0.25) is 0 Å². The van der Waals surface area contributed by atoms with Gasteiger partial charge in [-0.3, -0.25) is 0 Å². The Morgan fingerprint density at radius 2 is 2.21 bits per heavy atom. The van der Waals surface area contributed by atoms with E-state index in [0.717, 1.165) is 18.1 Å². The van der Waals surface area contributed by atoms with Crippen LogP contribution in [0.25, 0.3) is 0 Å². The zero-order valence-electron chi connectivity index (χ0n) is 9.37. The molecular weight excluding hydrogens is 194 g/mol. The van der Waals surface area contributed by atoms with Gasteiger partial charge in [-0.25, -0.2) is 4.98 Å². The number of rotatable bonds is 5. The lowest BCUT2D eigenvalue weighted by molar-refractivity contribution is 0.588. The first-order valence-electron chi connectivity index (χ1n) is 4.94. The average Bonchev–Trinajstić information content (AvgIpc) is 2.52. The summed E-state index contributed by atoms with van der Waals surface area (Å²) in [5.74, 6) is 0. The Bertz CT molecular complexity index is 268. The van der Waals surface area contributed by atoms with Gasteiger partial charge in [-0.15, -0.1) is 11.3 Å². The summed E-state index contributed by atoms with van der Waals surface area (Å²) in [4.78, 5) is 6.56. The molecule has 1 N–H and O–H groups in total. The molecule has 0 amide bonds. The summed E-state index contributed by atoms with van der Waals surface area (Å²) in [7, 11) is 4.05. The van der Waals surface area contributed by atoms with Crippen LogP contribution in [0, 0.1) is 0 Å². The fourth-order valence-electron chi connectivity index (χ4n) is 1.11. The predicted octanol–water partition coefficient (Wildman–Crippen LogP) is 1.75. The van der Waals surface area contributed by atoms with Gasteiger partial charge in [0.1, 0.15) is 0 Å². The van der Waals surface area contributed by atoms with E-state index in [0.29, 0.717) is 6.04 Å². The molecule has 1 aromatic heterocycles. The normalized spacial score (nSPS) is 10.9. The van der Waals surface area contributed by atoms with Crippen LogP contribution in [0.15, 0.2) is 5.38 Å². The van der Waals surface area contributed by atoms with Crippen molar-refractivity contribution >= 4 is 16.5 Å². The van der Waals surface area contributed by atoms with Crippen LogP contribution in [-0.2, 0) is 6.42 Å². The first-order valence-corrected chi connectivity index (χ1v) is 5.82. The zero-order chi connectivity index (χ0) is 10.6. The lowest BCUT2D eigenvalue weighted by Crippen LogP contribution is -2.25. The van der Waals surface area contributed by atoms with E-state index in [9.17, 15) is 0 Å². The van der Waals surface area contributed by atoms with E-state index in [4.69, 9.17) is 0 Å². The average molecular weight is 213 g/mol. The summed E-state index contributed by atoms with van der Waals surface area (Å²) in [6.07, 6.45) is 1.02. The Kier molecular flexibility index (Phi) is 4.35. The van der Waals surface area contributed by atoms with Gasteiger partial charge in [-0.05, 0) is 0 Å². The van der Waals surface area contributed by atoms with Gasteiger partial charge in [0, 0.05) is 38.5 Å². The smallest absolute Gasteiger partial charge is 0.184 e. The van der Waals surface area contributed by atoms with Crippen molar-refractivity contribution in [2.75, 3.05) is 25.5 Å². The lowest BCUT2D eigenvalue weighted by Gasteiger charge is -2.07. The molecule has 0 radical (unpaired) electrons. The van der Waals surface area contributed by atoms with E-state index in [-0.39, 0.29) is 0 Å². The van der Waals surface area contributed by atoms with Gasteiger partial charge in [-0.1, -0.05) is 13.8 Å². The summed E-state index contributed by atoms with van der Waals surface area (Å²) < 4.78 is 0. The van der Waals surface area contributed by atoms with Crippen LogP contribution < -0.4 is 10.2 Å². The van der Waals surface area contributed by atoms with Crippen molar-refractivity contribution < 1.29 is 0 Å². The van der Waals surface area contributed by atoms with Crippen LogP contribution in [0.1, 0.15) is 19.5 Å². The van der Waals surface area contributed by atoms with Crippen LogP contribution >= 0.6 is 11.3 Å². The largest absolute Gasteiger partial charge is 0.354 e. The highest BCUT2D eigenvalue weighted by molar-refractivity contribution is 7.13. The standard InChI is InChI=1S/C10H19N3S/c1-8(2)11-6-5-9-7-14-10(12-9)13(3)4/h7-8,11H,5-6H2,1-4H3. The second kappa shape index (κ2) is 5.32. The molecule has 0 saturated carbocycles. The van der Waals surface area contributed by atoms with Crippen LogP contribution in [0.2, 0.25) is 0 Å². The number of nitrogens with one attached hydrogen (secondary N) is 1. The maximum atomic E-state index is 4.51. The van der Waals surface area contributed by atoms with Crippen LogP contribution in [0.5, 0.6) is 0 Å². The van der Waals surface area contributed by atoms with Crippen LogP contribution in [-0.4, -0.2) is 31.7 Å². The highest BCUT2D eigenvalue weighted by Gasteiger charge is 2.03. The topological polar surface area (TPSA) is 28.2 Å². The molecule has 0 aromatic carbocycles. The Morgan fingerprint density at radius 3 is 2.71 bits per heavy atom. The molecule has 0 saturated heterocycles. The van der Waals surface area contributed by atoms with E-state index >= 15 is 0 Å². The van der Waals surface area contributed by atoms with Crippen molar-refractivity contribution in [3.8, 4) is 0 Å². The first-order chi connectivity index (χ1) is 6.59. The number of thiazole rings is 1. The third-order valence-corrected chi connectivity index (χ3v) is 2.91. The predicted molar refractivity (Wildman–Crippen MR) is 63.3 cm³/mol. The molecule has 0 atom stereocenters. The van der Waals surface area contributed by atoms with Crippen LogP contribution in [0.3, 0.4) is 0 Å². The van der Waals surface area contributed by atoms with E-state index in [1.807, 2.05) is 19.0 Å². The van der Waals surface area contributed by atoms with E-state index in [1.165, 1.54) is 5.69 Å². The highest BCUT2D eigenvalue weighted by Crippen LogP contribution is 2.17. The summed E-state index contributed by atoms with van der Waals surface area (Å²) >= 11 is 1.70. The van der Waals surface area contributed by atoms with Crippen molar-refractivity contribution in [2.24, 2.45) is 0 Å². The maximum Gasteiger partial charge on any atom is 0.184 e. The summed E-state index contributed by atoms with van der Waals surface area (Å²) in [6.45, 7) is 5.33. The number of hydrogen-bond acceptors (Lipinski definition) is 4. The van der Waals surface area contributed by atoms with Crippen molar-refractivity contribution in [3.05, 3.63) is 11.1 Å². The molecule has 1 aromatic rings. The quantitative estimate of drug-likeness (QED) is 0.807. The Labute approximate surface area is 90.2 Å². The molecule has 1 rings (SSSR count). The van der Waals surface area contributed by atoms with Crippen molar-refractivity contribution in [2.45, 2.75) is 26.3 Å².